The number of fused-ring (bicyclic) bond motifs is 3. The van der Waals surface area contributed by atoms with Crippen LogP contribution in [0.3, 0.4) is 0 Å². The highest BCUT2D eigenvalue weighted by Gasteiger charge is 2.14. The Hall–Kier alpha value is -3.79. The molecule has 0 unspecified atom stereocenters. The molecule has 0 saturated heterocycles. The summed E-state index contributed by atoms with van der Waals surface area (Å²) >= 11 is 0. The number of benzene rings is 4. The van der Waals surface area contributed by atoms with Crippen molar-refractivity contribution in [1.29, 1.82) is 0 Å². The zero-order chi connectivity index (χ0) is 18.2. The SMILES string of the molecule is O=C(Nc1cccc2ccccc12)c1cccc2nc3ccccc3nc12. The van der Waals surface area contributed by atoms with E-state index < -0.39 is 0 Å². The molecule has 1 aromatic heterocycles. The van der Waals surface area contributed by atoms with Crippen LogP contribution in [-0.4, -0.2) is 15.9 Å². The number of amides is 1. The van der Waals surface area contributed by atoms with Crippen molar-refractivity contribution in [2.24, 2.45) is 0 Å². The van der Waals surface area contributed by atoms with Crippen molar-refractivity contribution in [3.63, 3.8) is 0 Å². The van der Waals surface area contributed by atoms with Gasteiger partial charge in [-0.05, 0) is 35.7 Å². The summed E-state index contributed by atoms with van der Waals surface area (Å²) in [7, 11) is 0. The summed E-state index contributed by atoms with van der Waals surface area (Å²) in [4.78, 5) is 22.3. The van der Waals surface area contributed by atoms with Crippen LogP contribution in [-0.2, 0) is 0 Å². The van der Waals surface area contributed by atoms with E-state index in [1.807, 2.05) is 78.9 Å². The van der Waals surface area contributed by atoms with Crippen LogP contribution in [0.4, 0.5) is 5.69 Å². The Kier molecular flexibility index (Phi) is 3.54. The molecular formula is C23H15N3O. The van der Waals surface area contributed by atoms with E-state index in [-0.39, 0.29) is 5.91 Å². The number of carbonyl (C=O) groups is 1. The molecule has 4 nitrogen and oxygen atoms in total. The fraction of sp³-hybridized carbons (Fsp3) is 0. The minimum atomic E-state index is -0.193. The van der Waals surface area contributed by atoms with E-state index in [2.05, 4.69) is 15.3 Å². The van der Waals surface area contributed by atoms with Crippen LogP contribution < -0.4 is 5.32 Å². The molecule has 5 aromatic rings. The zero-order valence-corrected chi connectivity index (χ0v) is 14.4. The Labute approximate surface area is 155 Å². The number of anilines is 1. The molecule has 1 amide bonds. The van der Waals surface area contributed by atoms with Crippen molar-refractivity contribution in [2.75, 3.05) is 5.32 Å². The van der Waals surface area contributed by atoms with E-state index in [0.717, 1.165) is 27.5 Å². The lowest BCUT2D eigenvalue weighted by Gasteiger charge is -2.10. The lowest BCUT2D eigenvalue weighted by Crippen LogP contribution is -2.13. The van der Waals surface area contributed by atoms with Gasteiger partial charge in [0.05, 0.1) is 22.1 Å². The Bertz CT molecular complexity index is 1320. The Balaban J connectivity index is 1.62. The average molecular weight is 349 g/mol. The molecule has 0 aliphatic rings. The van der Waals surface area contributed by atoms with E-state index in [1.54, 1.807) is 6.07 Å². The molecule has 27 heavy (non-hydrogen) atoms. The minimum Gasteiger partial charge on any atom is -0.321 e. The van der Waals surface area contributed by atoms with Gasteiger partial charge in [-0.1, -0.05) is 54.6 Å². The van der Waals surface area contributed by atoms with Crippen LogP contribution >= 0.6 is 0 Å². The molecule has 128 valence electrons. The highest BCUT2D eigenvalue weighted by Crippen LogP contribution is 2.25. The van der Waals surface area contributed by atoms with Gasteiger partial charge in [-0.15, -0.1) is 0 Å². The van der Waals surface area contributed by atoms with Gasteiger partial charge >= 0.3 is 0 Å². The summed E-state index contributed by atoms with van der Waals surface area (Å²) in [5, 5.41) is 5.12. The summed E-state index contributed by atoms with van der Waals surface area (Å²) in [5.74, 6) is -0.193. The van der Waals surface area contributed by atoms with Crippen molar-refractivity contribution in [1.82, 2.24) is 9.97 Å². The molecule has 0 fully saturated rings. The number of aromatic nitrogens is 2. The van der Waals surface area contributed by atoms with Gasteiger partial charge in [-0.3, -0.25) is 4.79 Å². The molecule has 0 aliphatic heterocycles. The fourth-order valence-electron chi connectivity index (χ4n) is 3.35. The van der Waals surface area contributed by atoms with Crippen molar-refractivity contribution in [2.45, 2.75) is 0 Å². The molecule has 4 heteroatoms. The monoisotopic (exact) mass is 349 g/mol. The molecule has 0 radical (unpaired) electrons. The van der Waals surface area contributed by atoms with Gasteiger partial charge in [0.15, 0.2) is 0 Å². The van der Waals surface area contributed by atoms with Crippen molar-refractivity contribution >= 4 is 44.4 Å². The first kappa shape index (κ1) is 15.5. The van der Waals surface area contributed by atoms with Gasteiger partial charge in [0.2, 0.25) is 0 Å². The molecule has 0 spiro atoms. The van der Waals surface area contributed by atoms with Crippen LogP contribution in [0.1, 0.15) is 10.4 Å². The Morgan fingerprint density at radius 2 is 1.33 bits per heavy atom. The molecule has 0 bridgehead atoms. The second kappa shape index (κ2) is 6.18. The quantitative estimate of drug-likeness (QED) is 0.446. The Morgan fingerprint density at radius 3 is 2.22 bits per heavy atom. The summed E-state index contributed by atoms with van der Waals surface area (Å²) < 4.78 is 0. The van der Waals surface area contributed by atoms with Gasteiger partial charge in [0.1, 0.15) is 5.52 Å². The second-order valence-electron chi connectivity index (χ2n) is 6.37. The number of nitrogens with zero attached hydrogens (tertiary/aromatic N) is 2. The first-order chi connectivity index (χ1) is 13.3. The van der Waals surface area contributed by atoms with Gasteiger partial charge in [0.25, 0.3) is 5.91 Å². The van der Waals surface area contributed by atoms with Gasteiger partial charge < -0.3 is 5.32 Å². The molecule has 0 atom stereocenters. The number of carbonyl (C=O) groups excluding carboxylic acids is 1. The van der Waals surface area contributed by atoms with Crippen molar-refractivity contribution in [3.8, 4) is 0 Å². The van der Waals surface area contributed by atoms with E-state index in [4.69, 9.17) is 0 Å². The van der Waals surface area contributed by atoms with Crippen LogP contribution in [0.5, 0.6) is 0 Å². The molecule has 5 rings (SSSR count). The van der Waals surface area contributed by atoms with Crippen LogP contribution in [0.25, 0.3) is 32.8 Å². The van der Waals surface area contributed by atoms with Crippen LogP contribution in [0.2, 0.25) is 0 Å². The smallest absolute Gasteiger partial charge is 0.257 e. The molecule has 0 saturated carbocycles. The number of para-hydroxylation sites is 3. The number of hydrogen-bond donors (Lipinski definition) is 1. The summed E-state index contributed by atoms with van der Waals surface area (Å²) in [5.41, 5.74) is 4.20. The average Bonchev–Trinajstić information content (AvgIpc) is 2.72. The van der Waals surface area contributed by atoms with E-state index in [1.165, 1.54) is 0 Å². The van der Waals surface area contributed by atoms with Gasteiger partial charge in [-0.25, -0.2) is 9.97 Å². The first-order valence-corrected chi connectivity index (χ1v) is 8.74. The van der Waals surface area contributed by atoms with Gasteiger partial charge in [-0.2, -0.15) is 0 Å². The third-order valence-corrected chi connectivity index (χ3v) is 4.65. The zero-order valence-electron chi connectivity index (χ0n) is 14.4. The topological polar surface area (TPSA) is 54.9 Å². The standard InChI is InChI=1S/C23H15N3O/c27-23(26-18-13-5-8-15-7-1-2-9-16(15)18)17-10-6-14-21-22(17)25-20-12-4-3-11-19(20)24-21/h1-14H,(H,26,27). The summed E-state index contributed by atoms with van der Waals surface area (Å²) in [6.07, 6.45) is 0. The summed E-state index contributed by atoms with van der Waals surface area (Å²) in [6, 6.07) is 27.0. The van der Waals surface area contributed by atoms with Crippen LogP contribution in [0, 0.1) is 0 Å². The molecule has 4 aromatic carbocycles. The largest absolute Gasteiger partial charge is 0.321 e. The highest BCUT2D eigenvalue weighted by molar-refractivity contribution is 6.14. The third-order valence-electron chi connectivity index (χ3n) is 4.65. The summed E-state index contributed by atoms with van der Waals surface area (Å²) in [6.45, 7) is 0. The maximum atomic E-state index is 13.0. The first-order valence-electron chi connectivity index (χ1n) is 8.74. The molecular weight excluding hydrogens is 334 g/mol. The van der Waals surface area contributed by atoms with Crippen LogP contribution in [0.15, 0.2) is 84.9 Å². The van der Waals surface area contributed by atoms with Gasteiger partial charge in [0, 0.05) is 11.1 Å². The number of rotatable bonds is 2. The van der Waals surface area contributed by atoms with E-state index in [0.29, 0.717) is 16.6 Å². The normalized spacial score (nSPS) is 11.1. The highest BCUT2D eigenvalue weighted by atomic mass is 16.1. The predicted molar refractivity (Wildman–Crippen MR) is 109 cm³/mol. The molecule has 1 N–H and O–H groups in total. The maximum Gasteiger partial charge on any atom is 0.257 e. The van der Waals surface area contributed by atoms with Crippen molar-refractivity contribution < 1.29 is 4.79 Å². The molecule has 1 heterocycles. The van der Waals surface area contributed by atoms with E-state index in [9.17, 15) is 4.79 Å². The lowest BCUT2D eigenvalue weighted by molar-refractivity contribution is 0.102. The minimum absolute atomic E-state index is 0.193. The number of nitrogens with one attached hydrogen (secondary N) is 1. The second-order valence-corrected chi connectivity index (χ2v) is 6.37. The fourth-order valence-corrected chi connectivity index (χ4v) is 3.35. The van der Waals surface area contributed by atoms with Crippen molar-refractivity contribution in [3.05, 3.63) is 90.5 Å². The van der Waals surface area contributed by atoms with E-state index >= 15 is 0 Å². The molecule has 0 aliphatic carbocycles. The lowest BCUT2D eigenvalue weighted by atomic mass is 10.1. The predicted octanol–water partition coefficient (Wildman–Crippen LogP) is 5.19. The maximum absolute atomic E-state index is 13.0. The third kappa shape index (κ3) is 2.68. The number of hydrogen-bond acceptors (Lipinski definition) is 3. The Morgan fingerprint density at radius 1 is 0.667 bits per heavy atom.